The highest BCUT2D eigenvalue weighted by atomic mass is 16.6. The van der Waals surface area contributed by atoms with Gasteiger partial charge in [-0.15, -0.1) is 0 Å². The molecule has 5 rings (SSSR count). The molecule has 3 aromatic rings. The first-order valence-electron chi connectivity index (χ1n) is 11.7. The molecule has 0 radical (unpaired) electrons. The predicted octanol–water partition coefficient (Wildman–Crippen LogP) is 3.88. The second-order valence-electron chi connectivity index (χ2n) is 9.49. The van der Waals surface area contributed by atoms with Crippen LogP contribution in [0.4, 0.5) is 0 Å². The molecule has 2 aromatic heterocycles. The van der Waals surface area contributed by atoms with Crippen LogP contribution in [0.2, 0.25) is 0 Å². The fraction of sp³-hybridized carbons (Fsp3) is 0.407. The molecular weight excluding hydrogens is 432 g/mol. The second-order valence-corrected chi connectivity index (χ2v) is 9.49. The Labute approximate surface area is 199 Å². The van der Waals surface area contributed by atoms with Crippen molar-refractivity contribution in [2.45, 2.75) is 45.4 Å². The normalized spacial score (nSPS) is 18.6. The zero-order valence-corrected chi connectivity index (χ0v) is 19.9. The van der Waals surface area contributed by atoms with E-state index in [4.69, 9.17) is 18.9 Å². The SMILES string of the molecule is Cc1c(OCC2COCCO2)cc(=O)n2c1-c1ccc(OCc3ccccn3)cc1C(C)(C)C2. The molecule has 2 aliphatic heterocycles. The minimum absolute atomic E-state index is 0.0642. The van der Waals surface area contributed by atoms with Gasteiger partial charge in [0.25, 0.3) is 5.56 Å². The van der Waals surface area contributed by atoms with E-state index in [0.29, 0.717) is 45.3 Å². The van der Waals surface area contributed by atoms with E-state index in [9.17, 15) is 4.79 Å². The lowest BCUT2D eigenvalue weighted by Crippen LogP contribution is -2.37. The molecule has 0 saturated carbocycles. The Hall–Kier alpha value is -3.16. The van der Waals surface area contributed by atoms with Crippen molar-refractivity contribution in [1.82, 2.24) is 9.55 Å². The molecule has 0 N–H and O–H groups in total. The molecule has 1 aromatic carbocycles. The molecule has 1 saturated heterocycles. The van der Waals surface area contributed by atoms with E-state index in [1.54, 1.807) is 12.3 Å². The summed E-state index contributed by atoms with van der Waals surface area (Å²) in [5, 5.41) is 0. The van der Waals surface area contributed by atoms with Crippen molar-refractivity contribution in [3.8, 4) is 22.8 Å². The van der Waals surface area contributed by atoms with Crippen LogP contribution in [0, 0.1) is 6.92 Å². The molecule has 1 fully saturated rings. The quantitative estimate of drug-likeness (QED) is 0.554. The Morgan fingerprint density at radius 3 is 2.79 bits per heavy atom. The molecule has 0 bridgehead atoms. The summed E-state index contributed by atoms with van der Waals surface area (Å²) in [6.45, 7) is 9.32. The van der Waals surface area contributed by atoms with Crippen LogP contribution >= 0.6 is 0 Å². The number of aromatic nitrogens is 2. The Morgan fingerprint density at radius 2 is 2.03 bits per heavy atom. The van der Waals surface area contributed by atoms with E-state index in [-0.39, 0.29) is 17.1 Å². The third kappa shape index (κ3) is 4.45. The minimum Gasteiger partial charge on any atom is -0.490 e. The molecule has 178 valence electrons. The Balaban J connectivity index is 1.46. The summed E-state index contributed by atoms with van der Waals surface area (Å²) in [6.07, 6.45) is 1.64. The molecule has 0 spiro atoms. The Morgan fingerprint density at radius 1 is 1.15 bits per heavy atom. The zero-order chi connectivity index (χ0) is 23.7. The highest BCUT2D eigenvalue weighted by Gasteiger charge is 2.34. The predicted molar refractivity (Wildman–Crippen MR) is 129 cm³/mol. The number of benzene rings is 1. The summed E-state index contributed by atoms with van der Waals surface area (Å²) in [6, 6.07) is 13.5. The summed E-state index contributed by atoms with van der Waals surface area (Å²) in [7, 11) is 0. The van der Waals surface area contributed by atoms with E-state index in [0.717, 1.165) is 33.8 Å². The molecule has 34 heavy (non-hydrogen) atoms. The highest BCUT2D eigenvalue weighted by molar-refractivity contribution is 5.73. The zero-order valence-electron chi connectivity index (χ0n) is 19.9. The Kier molecular flexibility index (Phi) is 6.15. The first-order chi connectivity index (χ1) is 16.4. The van der Waals surface area contributed by atoms with Crippen molar-refractivity contribution >= 4 is 0 Å². The number of pyridine rings is 2. The van der Waals surface area contributed by atoms with Gasteiger partial charge in [0, 0.05) is 35.3 Å². The summed E-state index contributed by atoms with van der Waals surface area (Å²) in [4.78, 5) is 17.4. The van der Waals surface area contributed by atoms with Crippen LogP contribution in [-0.4, -0.2) is 42.1 Å². The first kappa shape index (κ1) is 22.6. The molecule has 1 atom stereocenters. The van der Waals surface area contributed by atoms with Crippen LogP contribution in [-0.2, 0) is 28.0 Å². The lowest BCUT2D eigenvalue weighted by Gasteiger charge is -2.36. The third-order valence-electron chi connectivity index (χ3n) is 6.47. The van der Waals surface area contributed by atoms with Crippen LogP contribution in [0.15, 0.2) is 53.5 Å². The first-order valence-corrected chi connectivity index (χ1v) is 11.7. The van der Waals surface area contributed by atoms with Crippen LogP contribution in [0.3, 0.4) is 0 Å². The molecule has 7 nitrogen and oxygen atoms in total. The number of hydrogen-bond acceptors (Lipinski definition) is 6. The number of hydrogen-bond donors (Lipinski definition) is 0. The molecule has 2 aliphatic rings. The summed E-state index contributed by atoms with van der Waals surface area (Å²) >= 11 is 0. The molecule has 0 aliphatic carbocycles. The van der Waals surface area contributed by atoms with Gasteiger partial charge in [-0.05, 0) is 42.8 Å². The maximum atomic E-state index is 13.1. The standard InChI is InChI=1S/C27H30N2O5/c1-18-24(34-16-21-15-31-10-11-32-21)13-25(30)29-17-27(2,3)23-12-20(7-8-22(23)26(18)29)33-14-19-6-4-5-9-28-19/h4-9,12-13,21H,10-11,14-17H2,1-3H3. The van der Waals surface area contributed by atoms with Gasteiger partial charge in [0.15, 0.2) is 0 Å². The third-order valence-corrected chi connectivity index (χ3v) is 6.47. The lowest BCUT2D eigenvalue weighted by molar-refractivity contribution is -0.101. The summed E-state index contributed by atoms with van der Waals surface area (Å²) in [5.41, 5.74) is 4.59. The van der Waals surface area contributed by atoms with E-state index >= 15 is 0 Å². The van der Waals surface area contributed by atoms with Crippen molar-refractivity contribution in [2.75, 3.05) is 26.4 Å². The summed E-state index contributed by atoms with van der Waals surface area (Å²) in [5.74, 6) is 1.37. The van der Waals surface area contributed by atoms with Crippen molar-refractivity contribution in [3.63, 3.8) is 0 Å². The smallest absolute Gasteiger partial charge is 0.254 e. The van der Waals surface area contributed by atoms with Crippen molar-refractivity contribution in [3.05, 3.63) is 75.8 Å². The fourth-order valence-corrected chi connectivity index (χ4v) is 4.70. The van der Waals surface area contributed by atoms with Crippen LogP contribution in [0.5, 0.6) is 11.5 Å². The van der Waals surface area contributed by atoms with Gasteiger partial charge in [0.2, 0.25) is 0 Å². The van der Waals surface area contributed by atoms with Gasteiger partial charge in [0.05, 0.1) is 31.2 Å². The van der Waals surface area contributed by atoms with Crippen LogP contribution in [0.25, 0.3) is 11.3 Å². The average Bonchev–Trinajstić information content (AvgIpc) is 2.85. The van der Waals surface area contributed by atoms with Gasteiger partial charge in [-0.25, -0.2) is 0 Å². The fourth-order valence-electron chi connectivity index (χ4n) is 4.70. The maximum Gasteiger partial charge on any atom is 0.254 e. The highest BCUT2D eigenvalue weighted by Crippen LogP contribution is 2.43. The van der Waals surface area contributed by atoms with E-state index in [1.807, 2.05) is 41.8 Å². The van der Waals surface area contributed by atoms with Gasteiger partial charge in [-0.2, -0.15) is 0 Å². The van der Waals surface area contributed by atoms with Crippen LogP contribution < -0.4 is 15.0 Å². The molecule has 0 amide bonds. The number of fused-ring (bicyclic) bond motifs is 3. The molecular formula is C27H30N2O5. The number of rotatable bonds is 6. The van der Waals surface area contributed by atoms with Gasteiger partial charge in [0.1, 0.15) is 30.8 Å². The number of nitrogens with zero attached hydrogens (tertiary/aromatic N) is 2. The van der Waals surface area contributed by atoms with Crippen molar-refractivity contribution in [1.29, 1.82) is 0 Å². The Bertz CT molecular complexity index is 1230. The van der Waals surface area contributed by atoms with E-state index in [1.165, 1.54) is 0 Å². The monoisotopic (exact) mass is 462 g/mol. The van der Waals surface area contributed by atoms with Gasteiger partial charge >= 0.3 is 0 Å². The largest absolute Gasteiger partial charge is 0.490 e. The molecule has 7 heteroatoms. The van der Waals surface area contributed by atoms with E-state index in [2.05, 4.69) is 24.9 Å². The van der Waals surface area contributed by atoms with Crippen molar-refractivity contribution < 1.29 is 18.9 Å². The topological polar surface area (TPSA) is 71.8 Å². The number of ether oxygens (including phenoxy) is 4. The lowest BCUT2D eigenvalue weighted by atomic mass is 9.77. The molecule has 4 heterocycles. The van der Waals surface area contributed by atoms with Crippen LogP contribution in [0.1, 0.15) is 30.7 Å². The minimum atomic E-state index is -0.237. The van der Waals surface area contributed by atoms with E-state index < -0.39 is 0 Å². The van der Waals surface area contributed by atoms with Gasteiger partial charge < -0.3 is 23.5 Å². The molecule has 1 unspecified atom stereocenters. The van der Waals surface area contributed by atoms with Gasteiger partial charge in [-0.1, -0.05) is 19.9 Å². The summed E-state index contributed by atoms with van der Waals surface area (Å²) < 4.78 is 25.1. The second kappa shape index (κ2) is 9.24. The average molecular weight is 463 g/mol. The maximum absolute atomic E-state index is 13.1. The van der Waals surface area contributed by atoms with Crippen molar-refractivity contribution in [2.24, 2.45) is 0 Å². The van der Waals surface area contributed by atoms with Gasteiger partial charge in [-0.3, -0.25) is 9.78 Å².